The quantitative estimate of drug-likeness (QED) is 0.660. The molecule has 0 aliphatic heterocycles. The predicted octanol–water partition coefficient (Wildman–Crippen LogP) is 4.02. The van der Waals surface area contributed by atoms with E-state index in [2.05, 4.69) is 6.07 Å². The highest BCUT2D eigenvalue weighted by atomic mass is 35.5. The molecule has 0 saturated heterocycles. The topological polar surface area (TPSA) is 23.8 Å². The molecule has 68 valence electrons. The van der Waals surface area contributed by atoms with E-state index in [1.807, 2.05) is 6.07 Å². The lowest BCUT2D eigenvalue weighted by Crippen LogP contribution is -1.79. The molecule has 0 radical (unpaired) electrons. The molecule has 0 amide bonds. The summed E-state index contributed by atoms with van der Waals surface area (Å²) in [6.45, 7) is 0. The molecule has 0 spiro atoms. The average Bonchev–Trinajstić information content (AvgIpc) is 2.23. The lowest BCUT2D eigenvalue weighted by molar-refractivity contribution is 1.50. The first-order chi connectivity index (χ1) is 6.72. The Morgan fingerprint density at radius 2 is 1.57 bits per heavy atom. The SMILES string of the molecule is N#Cc1ccc2c(Cl)ccc(Cl)c2c1. The summed E-state index contributed by atoms with van der Waals surface area (Å²) in [6, 6.07) is 10.8. The van der Waals surface area contributed by atoms with Crippen LogP contribution in [0, 0.1) is 11.3 Å². The zero-order valence-corrected chi connectivity index (χ0v) is 8.60. The molecule has 0 N–H and O–H groups in total. The fraction of sp³-hybridized carbons (Fsp3) is 0. The van der Waals surface area contributed by atoms with Crippen molar-refractivity contribution in [1.29, 1.82) is 5.26 Å². The molecule has 14 heavy (non-hydrogen) atoms. The highest BCUT2D eigenvalue weighted by molar-refractivity contribution is 6.40. The maximum absolute atomic E-state index is 8.73. The van der Waals surface area contributed by atoms with Crippen molar-refractivity contribution in [2.45, 2.75) is 0 Å². The van der Waals surface area contributed by atoms with Crippen LogP contribution in [0.3, 0.4) is 0 Å². The largest absolute Gasteiger partial charge is 0.192 e. The van der Waals surface area contributed by atoms with Crippen LogP contribution >= 0.6 is 23.2 Å². The summed E-state index contributed by atoms with van der Waals surface area (Å²) in [5.74, 6) is 0. The summed E-state index contributed by atoms with van der Waals surface area (Å²) in [6.07, 6.45) is 0. The van der Waals surface area contributed by atoms with Crippen LogP contribution in [0.25, 0.3) is 10.8 Å². The van der Waals surface area contributed by atoms with Crippen molar-refractivity contribution in [3.8, 4) is 6.07 Å². The molecular weight excluding hydrogens is 217 g/mol. The van der Waals surface area contributed by atoms with Crippen LogP contribution in [-0.4, -0.2) is 0 Å². The van der Waals surface area contributed by atoms with E-state index >= 15 is 0 Å². The van der Waals surface area contributed by atoms with E-state index in [0.717, 1.165) is 10.8 Å². The second-order valence-electron chi connectivity index (χ2n) is 2.90. The van der Waals surface area contributed by atoms with Crippen molar-refractivity contribution in [3.63, 3.8) is 0 Å². The Labute approximate surface area is 91.5 Å². The molecule has 0 heterocycles. The summed E-state index contributed by atoms with van der Waals surface area (Å²) in [7, 11) is 0. The molecule has 0 aliphatic rings. The monoisotopic (exact) mass is 221 g/mol. The standard InChI is InChI=1S/C11H5Cl2N/c12-10-3-4-11(13)9-5-7(6-14)1-2-8(9)10/h1-5H. The Hall–Kier alpha value is -1.23. The molecule has 0 saturated carbocycles. The van der Waals surface area contributed by atoms with Gasteiger partial charge in [0.2, 0.25) is 0 Å². The molecule has 0 bridgehead atoms. The third-order valence-electron chi connectivity index (χ3n) is 2.04. The van der Waals surface area contributed by atoms with Crippen molar-refractivity contribution in [2.75, 3.05) is 0 Å². The van der Waals surface area contributed by atoms with Crippen LogP contribution in [0.15, 0.2) is 30.3 Å². The second kappa shape index (κ2) is 3.49. The fourth-order valence-electron chi connectivity index (χ4n) is 1.35. The normalized spacial score (nSPS) is 10.1. The molecule has 0 atom stereocenters. The van der Waals surface area contributed by atoms with Gasteiger partial charge in [0.15, 0.2) is 0 Å². The van der Waals surface area contributed by atoms with Crippen molar-refractivity contribution >= 4 is 34.0 Å². The van der Waals surface area contributed by atoms with Gasteiger partial charge >= 0.3 is 0 Å². The van der Waals surface area contributed by atoms with E-state index in [0.29, 0.717) is 15.6 Å². The van der Waals surface area contributed by atoms with Gasteiger partial charge in [-0.25, -0.2) is 0 Å². The van der Waals surface area contributed by atoms with Crippen LogP contribution in [0.4, 0.5) is 0 Å². The van der Waals surface area contributed by atoms with Crippen molar-refractivity contribution in [2.24, 2.45) is 0 Å². The van der Waals surface area contributed by atoms with Crippen LogP contribution in [0.1, 0.15) is 5.56 Å². The number of benzene rings is 2. The van der Waals surface area contributed by atoms with E-state index in [-0.39, 0.29) is 0 Å². The first-order valence-corrected chi connectivity index (χ1v) is 4.76. The first kappa shape index (κ1) is 9.33. The molecule has 1 nitrogen and oxygen atoms in total. The molecule has 0 unspecified atom stereocenters. The predicted molar refractivity (Wildman–Crippen MR) is 58.7 cm³/mol. The number of nitrogens with zero attached hydrogens (tertiary/aromatic N) is 1. The number of rotatable bonds is 0. The van der Waals surface area contributed by atoms with Gasteiger partial charge in [0.1, 0.15) is 0 Å². The van der Waals surface area contributed by atoms with Gasteiger partial charge in [0.05, 0.1) is 11.6 Å². The van der Waals surface area contributed by atoms with Gasteiger partial charge in [0.25, 0.3) is 0 Å². The lowest BCUT2D eigenvalue weighted by atomic mass is 10.1. The molecule has 0 fully saturated rings. The summed E-state index contributed by atoms with van der Waals surface area (Å²) >= 11 is 12.0. The molecule has 3 heteroatoms. The molecular formula is C11H5Cl2N. The lowest BCUT2D eigenvalue weighted by Gasteiger charge is -2.02. The Morgan fingerprint density at radius 3 is 2.21 bits per heavy atom. The molecule has 2 aromatic rings. The van der Waals surface area contributed by atoms with Gasteiger partial charge in [-0.2, -0.15) is 5.26 Å². The van der Waals surface area contributed by atoms with Crippen LogP contribution in [-0.2, 0) is 0 Å². The smallest absolute Gasteiger partial charge is 0.0991 e. The van der Waals surface area contributed by atoms with E-state index in [1.54, 1.807) is 24.3 Å². The van der Waals surface area contributed by atoms with Gasteiger partial charge < -0.3 is 0 Å². The Kier molecular flexibility index (Phi) is 2.33. The highest BCUT2D eigenvalue weighted by Gasteiger charge is 2.03. The Bertz CT molecular complexity index is 541. The highest BCUT2D eigenvalue weighted by Crippen LogP contribution is 2.30. The Balaban J connectivity index is 2.89. The van der Waals surface area contributed by atoms with Crippen LogP contribution < -0.4 is 0 Å². The summed E-state index contributed by atoms with van der Waals surface area (Å²) in [5, 5.41) is 11.7. The van der Waals surface area contributed by atoms with E-state index in [9.17, 15) is 0 Å². The number of nitriles is 1. The maximum Gasteiger partial charge on any atom is 0.0991 e. The van der Waals surface area contributed by atoms with Gasteiger partial charge in [-0.15, -0.1) is 0 Å². The van der Waals surface area contributed by atoms with Gasteiger partial charge in [-0.3, -0.25) is 0 Å². The third-order valence-corrected chi connectivity index (χ3v) is 2.70. The minimum atomic E-state index is 0.585. The molecule has 0 aliphatic carbocycles. The van der Waals surface area contributed by atoms with Gasteiger partial charge in [0, 0.05) is 20.8 Å². The summed E-state index contributed by atoms with van der Waals surface area (Å²) < 4.78 is 0. The first-order valence-electron chi connectivity index (χ1n) is 4.00. The third kappa shape index (κ3) is 1.43. The zero-order chi connectivity index (χ0) is 10.1. The fourth-order valence-corrected chi connectivity index (χ4v) is 1.79. The van der Waals surface area contributed by atoms with E-state index < -0.39 is 0 Å². The molecule has 2 aromatic carbocycles. The van der Waals surface area contributed by atoms with Gasteiger partial charge in [-0.05, 0) is 24.3 Å². The number of fused-ring (bicyclic) bond motifs is 1. The van der Waals surface area contributed by atoms with Crippen molar-refractivity contribution in [1.82, 2.24) is 0 Å². The Morgan fingerprint density at radius 1 is 0.929 bits per heavy atom. The number of hydrogen-bond donors (Lipinski definition) is 0. The van der Waals surface area contributed by atoms with Crippen molar-refractivity contribution in [3.05, 3.63) is 45.9 Å². The van der Waals surface area contributed by atoms with Crippen LogP contribution in [0.2, 0.25) is 10.0 Å². The van der Waals surface area contributed by atoms with E-state index in [4.69, 9.17) is 28.5 Å². The van der Waals surface area contributed by atoms with Crippen LogP contribution in [0.5, 0.6) is 0 Å². The summed E-state index contributed by atoms with van der Waals surface area (Å²) in [4.78, 5) is 0. The molecule has 2 rings (SSSR count). The number of hydrogen-bond acceptors (Lipinski definition) is 1. The average molecular weight is 222 g/mol. The minimum absolute atomic E-state index is 0.585. The maximum atomic E-state index is 8.73. The second-order valence-corrected chi connectivity index (χ2v) is 3.72. The molecule has 0 aromatic heterocycles. The minimum Gasteiger partial charge on any atom is -0.192 e. The zero-order valence-electron chi connectivity index (χ0n) is 7.09. The summed E-state index contributed by atoms with van der Waals surface area (Å²) in [5.41, 5.74) is 0.585. The van der Waals surface area contributed by atoms with Gasteiger partial charge in [-0.1, -0.05) is 29.3 Å². The van der Waals surface area contributed by atoms with E-state index in [1.165, 1.54) is 0 Å². The van der Waals surface area contributed by atoms with Crippen molar-refractivity contribution < 1.29 is 0 Å². The number of halogens is 2.